The summed E-state index contributed by atoms with van der Waals surface area (Å²) in [7, 11) is 0. The predicted octanol–water partition coefficient (Wildman–Crippen LogP) is 3.23. The van der Waals surface area contributed by atoms with Gasteiger partial charge in [-0.15, -0.1) is 0 Å². The molecule has 0 aromatic carbocycles. The lowest BCUT2D eigenvalue weighted by molar-refractivity contribution is -0.134. The van der Waals surface area contributed by atoms with Crippen molar-refractivity contribution in [3.8, 4) is 0 Å². The molecule has 0 aromatic heterocycles. The Bertz CT molecular complexity index is 158. The first kappa shape index (κ1) is 25.3. The average Bonchev–Trinajstić information content (AvgIpc) is 2.45. The monoisotopic (exact) mass is 308 g/mol. The Morgan fingerprint density at radius 1 is 0.810 bits per heavy atom. The summed E-state index contributed by atoms with van der Waals surface area (Å²) in [5.41, 5.74) is 0. The van der Waals surface area contributed by atoms with Gasteiger partial charge in [0.1, 0.15) is 0 Å². The maximum absolute atomic E-state index is 9.00. The van der Waals surface area contributed by atoms with Gasteiger partial charge in [-0.05, 0) is 12.8 Å². The SMILES string of the molecule is CC(=O)O.CCCCCCOCCCCCC.OCCO. The number of aliphatic hydroxyl groups excluding tert-OH is 2. The highest BCUT2D eigenvalue weighted by Crippen LogP contribution is 2.01. The second kappa shape index (κ2) is 27.7. The third-order valence-electron chi connectivity index (χ3n) is 2.38. The van der Waals surface area contributed by atoms with E-state index in [4.69, 9.17) is 24.9 Å². The standard InChI is InChI=1S/C12H26O.C2H4O2.C2H6O2/c1-3-5-7-9-11-13-12-10-8-6-4-2;1-2(3)4;3-1-2-4/h3-12H2,1-2H3;1H3,(H,3,4);3-4H,1-2H2. The van der Waals surface area contributed by atoms with Gasteiger partial charge in [0.05, 0.1) is 13.2 Å². The number of carboxylic acids is 1. The van der Waals surface area contributed by atoms with Gasteiger partial charge < -0.3 is 20.1 Å². The van der Waals surface area contributed by atoms with Crippen molar-refractivity contribution in [3.63, 3.8) is 0 Å². The van der Waals surface area contributed by atoms with E-state index in [1.54, 1.807) is 0 Å². The summed E-state index contributed by atoms with van der Waals surface area (Å²) < 4.78 is 5.53. The van der Waals surface area contributed by atoms with Crippen LogP contribution in [-0.4, -0.2) is 47.7 Å². The lowest BCUT2D eigenvalue weighted by Crippen LogP contribution is -1.96. The molecule has 0 fully saturated rings. The van der Waals surface area contributed by atoms with E-state index in [1.165, 1.54) is 51.4 Å². The van der Waals surface area contributed by atoms with Crippen LogP contribution < -0.4 is 0 Å². The quantitative estimate of drug-likeness (QED) is 0.510. The molecule has 0 amide bonds. The lowest BCUT2D eigenvalue weighted by atomic mass is 10.2. The van der Waals surface area contributed by atoms with Crippen LogP contribution in [0.3, 0.4) is 0 Å². The van der Waals surface area contributed by atoms with E-state index in [9.17, 15) is 0 Å². The van der Waals surface area contributed by atoms with Gasteiger partial charge >= 0.3 is 0 Å². The highest BCUT2D eigenvalue weighted by Gasteiger charge is 1.90. The van der Waals surface area contributed by atoms with Crippen molar-refractivity contribution in [2.75, 3.05) is 26.4 Å². The fraction of sp³-hybridized carbons (Fsp3) is 0.938. The van der Waals surface area contributed by atoms with Gasteiger partial charge in [-0.2, -0.15) is 0 Å². The maximum atomic E-state index is 9.00. The number of carbonyl (C=O) groups is 1. The zero-order chi connectivity index (χ0) is 16.8. The van der Waals surface area contributed by atoms with Gasteiger partial charge in [-0.1, -0.05) is 52.4 Å². The van der Waals surface area contributed by atoms with Crippen molar-refractivity contribution < 1.29 is 24.9 Å². The van der Waals surface area contributed by atoms with Gasteiger partial charge in [0.25, 0.3) is 5.97 Å². The zero-order valence-corrected chi connectivity index (χ0v) is 14.1. The molecule has 0 saturated carbocycles. The van der Waals surface area contributed by atoms with Crippen LogP contribution in [0, 0.1) is 0 Å². The highest BCUT2D eigenvalue weighted by molar-refractivity contribution is 5.62. The molecule has 3 N–H and O–H groups in total. The normalized spacial score (nSPS) is 9.19. The Kier molecular flexibility index (Phi) is 33.3. The molecule has 0 aliphatic rings. The van der Waals surface area contributed by atoms with E-state index in [2.05, 4.69) is 13.8 Å². The number of aliphatic hydroxyl groups is 2. The number of rotatable bonds is 11. The van der Waals surface area contributed by atoms with Crippen LogP contribution in [-0.2, 0) is 9.53 Å². The fourth-order valence-electron chi connectivity index (χ4n) is 1.36. The molecule has 0 spiro atoms. The molecule has 0 rings (SSSR count). The van der Waals surface area contributed by atoms with E-state index < -0.39 is 5.97 Å². The molecule has 0 radical (unpaired) electrons. The van der Waals surface area contributed by atoms with Crippen molar-refractivity contribution in [1.29, 1.82) is 0 Å². The van der Waals surface area contributed by atoms with E-state index in [1.807, 2.05) is 0 Å². The van der Waals surface area contributed by atoms with Crippen molar-refractivity contribution >= 4 is 5.97 Å². The van der Waals surface area contributed by atoms with Gasteiger partial charge in [0.15, 0.2) is 0 Å². The number of unbranched alkanes of at least 4 members (excludes halogenated alkanes) is 6. The lowest BCUT2D eigenvalue weighted by Gasteiger charge is -2.03. The van der Waals surface area contributed by atoms with Crippen LogP contribution in [0.1, 0.15) is 72.1 Å². The zero-order valence-electron chi connectivity index (χ0n) is 14.1. The Hall–Kier alpha value is -0.650. The molecule has 21 heavy (non-hydrogen) atoms. The molecule has 0 aliphatic heterocycles. The Morgan fingerprint density at radius 3 is 1.38 bits per heavy atom. The van der Waals surface area contributed by atoms with Crippen molar-refractivity contribution in [1.82, 2.24) is 0 Å². The van der Waals surface area contributed by atoms with Crippen molar-refractivity contribution in [2.24, 2.45) is 0 Å². The molecule has 5 heteroatoms. The molecule has 0 heterocycles. The summed E-state index contributed by atoms with van der Waals surface area (Å²) in [4.78, 5) is 9.00. The number of aliphatic carboxylic acids is 1. The van der Waals surface area contributed by atoms with Crippen LogP contribution >= 0.6 is 0 Å². The molecule has 0 unspecified atom stereocenters. The second-order valence-electron chi connectivity index (χ2n) is 4.70. The number of hydrogen-bond donors (Lipinski definition) is 3. The summed E-state index contributed by atoms with van der Waals surface area (Å²) in [6.45, 7) is 7.27. The third-order valence-corrected chi connectivity index (χ3v) is 2.38. The van der Waals surface area contributed by atoms with Crippen LogP contribution in [0.15, 0.2) is 0 Å². The number of hydrogen-bond acceptors (Lipinski definition) is 4. The van der Waals surface area contributed by atoms with E-state index in [-0.39, 0.29) is 13.2 Å². The first-order chi connectivity index (χ1) is 10.1. The van der Waals surface area contributed by atoms with E-state index in [0.717, 1.165) is 20.1 Å². The van der Waals surface area contributed by atoms with Crippen molar-refractivity contribution in [3.05, 3.63) is 0 Å². The minimum atomic E-state index is -0.833. The molecule has 0 aliphatic carbocycles. The molecule has 0 saturated heterocycles. The van der Waals surface area contributed by atoms with Crippen LogP contribution in [0.2, 0.25) is 0 Å². The first-order valence-corrected chi connectivity index (χ1v) is 8.05. The minimum absolute atomic E-state index is 0.125. The molecular weight excluding hydrogens is 272 g/mol. The molecule has 0 bridgehead atoms. The van der Waals surface area contributed by atoms with Crippen molar-refractivity contribution in [2.45, 2.75) is 72.1 Å². The highest BCUT2D eigenvalue weighted by atomic mass is 16.5. The van der Waals surface area contributed by atoms with Gasteiger partial charge in [0.2, 0.25) is 0 Å². The van der Waals surface area contributed by atoms with E-state index >= 15 is 0 Å². The Balaban J connectivity index is -0.000000334. The van der Waals surface area contributed by atoms with Gasteiger partial charge in [0, 0.05) is 20.1 Å². The number of carboxylic acid groups (broad SMARTS) is 1. The average molecular weight is 308 g/mol. The molecule has 0 atom stereocenters. The van der Waals surface area contributed by atoms with Crippen LogP contribution in [0.25, 0.3) is 0 Å². The number of ether oxygens (including phenoxy) is 1. The third kappa shape index (κ3) is 54.4. The van der Waals surface area contributed by atoms with Crippen LogP contribution in [0.5, 0.6) is 0 Å². The molecule has 130 valence electrons. The maximum Gasteiger partial charge on any atom is 0.300 e. The second-order valence-corrected chi connectivity index (χ2v) is 4.70. The van der Waals surface area contributed by atoms with E-state index in [0.29, 0.717) is 0 Å². The Labute approximate surface area is 130 Å². The predicted molar refractivity (Wildman–Crippen MR) is 86.6 cm³/mol. The van der Waals surface area contributed by atoms with Crippen LogP contribution in [0.4, 0.5) is 0 Å². The first-order valence-electron chi connectivity index (χ1n) is 8.05. The smallest absolute Gasteiger partial charge is 0.300 e. The minimum Gasteiger partial charge on any atom is -0.481 e. The molecule has 0 aromatic rings. The van der Waals surface area contributed by atoms with Gasteiger partial charge in [-0.3, -0.25) is 4.79 Å². The summed E-state index contributed by atoms with van der Waals surface area (Å²) in [5.74, 6) is -0.833. The molecular formula is C16H36O5. The molecule has 5 nitrogen and oxygen atoms in total. The summed E-state index contributed by atoms with van der Waals surface area (Å²) >= 11 is 0. The summed E-state index contributed by atoms with van der Waals surface area (Å²) in [5, 5.41) is 22.7. The summed E-state index contributed by atoms with van der Waals surface area (Å²) in [6.07, 6.45) is 10.5. The van der Waals surface area contributed by atoms with Gasteiger partial charge in [-0.25, -0.2) is 0 Å². The fourth-order valence-corrected chi connectivity index (χ4v) is 1.36. The Morgan fingerprint density at radius 2 is 1.14 bits per heavy atom. The topological polar surface area (TPSA) is 87.0 Å². The largest absolute Gasteiger partial charge is 0.481 e. The summed E-state index contributed by atoms with van der Waals surface area (Å²) in [6, 6.07) is 0.